The minimum atomic E-state index is 0.404. The first-order valence-electron chi connectivity index (χ1n) is 4.86. The minimum absolute atomic E-state index is 0.404. The first-order chi connectivity index (χ1) is 6.90. The van der Waals surface area contributed by atoms with Gasteiger partial charge in [0, 0.05) is 11.8 Å². The molecule has 0 saturated heterocycles. The summed E-state index contributed by atoms with van der Waals surface area (Å²) in [6, 6.07) is 5.79. The van der Waals surface area contributed by atoms with Gasteiger partial charge in [0.05, 0.1) is 12.7 Å². The molecule has 2 rings (SSSR count). The van der Waals surface area contributed by atoms with Crippen molar-refractivity contribution in [3.63, 3.8) is 0 Å². The maximum Gasteiger partial charge on any atom is 0.145 e. The van der Waals surface area contributed by atoms with Gasteiger partial charge in [0.15, 0.2) is 0 Å². The van der Waals surface area contributed by atoms with Crippen LogP contribution in [0.4, 0.5) is 0 Å². The second kappa shape index (κ2) is 4.21. The predicted octanol–water partition coefficient (Wildman–Crippen LogP) is 2.02. The molecular weight excluding hydrogens is 176 g/mol. The Kier molecular flexibility index (Phi) is 2.76. The van der Waals surface area contributed by atoms with Crippen molar-refractivity contribution in [3.05, 3.63) is 29.6 Å². The molecule has 0 unspecified atom stereocenters. The number of nitriles is 1. The van der Waals surface area contributed by atoms with Crippen LogP contribution in [0.15, 0.2) is 18.3 Å². The van der Waals surface area contributed by atoms with Crippen LogP contribution in [0.2, 0.25) is 0 Å². The fraction of sp³-hybridized carbons (Fsp3) is 0.455. The Bertz CT molecular complexity index is 353. The lowest BCUT2D eigenvalue weighted by Gasteiger charge is -2.25. The van der Waals surface area contributed by atoms with Crippen LogP contribution in [0.25, 0.3) is 0 Å². The van der Waals surface area contributed by atoms with E-state index in [0.29, 0.717) is 18.4 Å². The first-order valence-corrected chi connectivity index (χ1v) is 4.86. The van der Waals surface area contributed by atoms with Crippen molar-refractivity contribution in [1.29, 1.82) is 5.26 Å². The molecular formula is C11H12N2O. The Morgan fingerprint density at radius 1 is 1.57 bits per heavy atom. The summed E-state index contributed by atoms with van der Waals surface area (Å²) in [5.74, 6) is 0. The molecule has 0 atom stereocenters. The zero-order chi connectivity index (χ0) is 9.80. The van der Waals surface area contributed by atoms with E-state index < -0.39 is 0 Å². The highest BCUT2D eigenvalue weighted by molar-refractivity contribution is 5.29. The quantitative estimate of drug-likeness (QED) is 0.729. The average Bonchev–Trinajstić information content (AvgIpc) is 2.16. The Hall–Kier alpha value is -1.40. The van der Waals surface area contributed by atoms with E-state index in [1.54, 1.807) is 6.20 Å². The summed E-state index contributed by atoms with van der Waals surface area (Å²) in [5.41, 5.74) is 1.37. The summed E-state index contributed by atoms with van der Waals surface area (Å²) in [6.07, 6.45) is 5.61. The normalized spacial score (nSPS) is 15.9. The van der Waals surface area contributed by atoms with Gasteiger partial charge in [-0.1, -0.05) is 6.07 Å². The highest BCUT2D eigenvalue weighted by Gasteiger charge is 2.18. The highest BCUT2D eigenvalue weighted by Crippen LogP contribution is 2.23. The third kappa shape index (κ3) is 1.91. The van der Waals surface area contributed by atoms with Gasteiger partial charge in [-0.15, -0.1) is 0 Å². The minimum Gasteiger partial charge on any atom is -0.373 e. The SMILES string of the molecule is N#Cc1ncccc1COC1CCC1. The molecule has 0 N–H and O–H groups in total. The van der Waals surface area contributed by atoms with E-state index in [9.17, 15) is 0 Å². The molecule has 0 amide bonds. The Morgan fingerprint density at radius 2 is 2.43 bits per heavy atom. The predicted molar refractivity (Wildman–Crippen MR) is 51.4 cm³/mol. The molecule has 1 fully saturated rings. The maximum atomic E-state index is 8.79. The summed E-state index contributed by atoms with van der Waals surface area (Å²) >= 11 is 0. The van der Waals surface area contributed by atoms with Crippen LogP contribution >= 0.6 is 0 Å². The van der Waals surface area contributed by atoms with Gasteiger partial charge in [0.1, 0.15) is 11.8 Å². The molecule has 14 heavy (non-hydrogen) atoms. The molecule has 72 valence electrons. The number of hydrogen-bond donors (Lipinski definition) is 0. The molecule has 0 bridgehead atoms. The van der Waals surface area contributed by atoms with Gasteiger partial charge in [-0.2, -0.15) is 5.26 Å². The monoisotopic (exact) mass is 188 g/mol. The lowest BCUT2D eigenvalue weighted by Crippen LogP contribution is -2.21. The van der Waals surface area contributed by atoms with Gasteiger partial charge in [-0.05, 0) is 25.3 Å². The molecule has 3 nitrogen and oxygen atoms in total. The Labute approximate surface area is 83.3 Å². The lowest BCUT2D eigenvalue weighted by atomic mass is 9.96. The van der Waals surface area contributed by atoms with Crippen LogP contribution < -0.4 is 0 Å². The van der Waals surface area contributed by atoms with Gasteiger partial charge in [-0.25, -0.2) is 4.98 Å². The van der Waals surface area contributed by atoms with Gasteiger partial charge in [0.2, 0.25) is 0 Å². The molecule has 1 saturated carbocycles. The summed E-state index contributed by atoms with van der Waals surface area (Å²) in [4.78, 5) is 3.98. The second-order valence-electron chi connectivity index (χ2n) is 3.49. The van der Waals surface area contributed by atoms with E-state index >= 15 is 0 Å². The summed E-state index contributed by atoms with van der Waals surface area (Å²) in [7, 11) is 0. The smallest absolute Gasteiger partial charge is 0.145 e. The second-order valence-corrected chi connectivity index (χ2v) is 3.49. The summed E-state index contributed by atoms with van der Waals surface area (Å²) in [5, 5.41) is 8.79. The van der Waals surface area contributed by atoms with Crippen molar-refractivity contribution < 1.29 is 4.74 Å². The van der Waals surface area contributed by atoms with Crippen LogP contribution in [0, 0.1) is 11.3 Å². The third-order valence-corrected chi connectivity index (χ3v) is 2.52. The topological polar surface area (TPSA) is 45.9 Å². The van der Waals surface area contributed by atoms with Crippen molar-refractivity contribution in [1.82, 2.24) is 4.98 Å². The largest absolute Gasteiger partial charge is 0.373 e. The fourth-order valence-corrected chi connectivity index (χ4v) is 1.40. The number of ether oxygens (including phenoxy) is 1. The standard InChI is InChI=1S/C11H12N2O/c12-7-11-9(3-2-6-13-11)8-14-10-4-1-5-10/h2-3,6,10H,1,4-5,8H2. The first kappa shape index (κ1) is 9.17. The molecule has 1 aliphatic rings. The van der Waals surface area contributed by atoms with E-state index in [4.69, 9.17) is 10.00 Å². The van der Waals surface area contributed by atoms with Crippen molar-refractivity contribution in [3.8, 4) is 6.07 Å². The average molecular weight is 188 g/mol. The Balaban J connectivity index is 1.97. The molecule has 0 radical (unpaired) electrons. The van der Waals surface area contributed by atoms with Gasteiger partial charge in [-0.3, -0.25) is 0 Å². The number of hydrogen-bond acceptors (Lipinski definition) is 3. The molecule has 1 aliphatic carbocycles. The van der Waals surface area contributed by atoms with E-state index in [1.807, 2.05) is 12.1 Å². The molecule has 1 aromatic rings. The van der Waals surface area contributed by atoms with E-state index in [-0.39, 0.29) is 0 Å². The third-order valence-electron chi connectivity index (χ3n) is 2.52. The van der Waals surface area contributed by atoms with Crippen LogP contribution in [0.5, 0.6) is 0 Å². The van der Waals surface area contributed by atoms with E-state index in [0.717, 1.165) is 18.4 Å². The Morgan fingerprint density at radius 3 is 3.07 bits per heavy atom. The fourth-order valence-electron chi connectivity index (χ4n) is 1.40. The molecule has 1 heterocycles. The van der Waals surface area contributed by atoms with Crippen LogP contribution in [0.3, 0.4) is 0 Å². The molecule has 3 heteroatoms. The van der Waals surface area contributed by atoms with Crippen molar-refractivity contribution in [2.75, 3.05) is 0 Å². The van der Waals surface area contributed by atoms with Gasteiger partial charge in [0.25, 0.3) is 0 Å². The van der Waals surface area contributed by atoms with Crippen LogP contribution in [-0.2, 0) is 11.3 Å². The molecule has 0 spiro atoms. The summed E-state index contributed by atoms with van der Waals surface area (Å²) < 4.78 is 5.62. The van der Waals surface area contributed by atoms with Crippen LogP contribution in [-0.4, -0.2) is 11.1 Å². The molecule has 0 aliphatic heterocycles. The van der Waals surface area contributed by atoms with Gasteiger partial charge < -0.3 is 4.74 Å². The number of aromatic nitrogens is 1. The number of pyridine rings is 1. The highest BCUT2D eigenvalue weighted by atomic mass is 16.5. The molecule has 0 aromatic carbocycles. The number of rotatable bonds is 3. The van der Waals surface area contributed by atoms with Crippen molar-refractivity contribution >= 4 is 0 Å². The van der Waals surface area contributed by atoms with E-state index in [2.05, 4.69) is 11.1 Å². The van der Waals surface area contributed by atoms with Crippen LogP contribution in [0.1, 0.15) is 30.5 Å². The van der Waals surface area contributed by atoms with Crippen molar-refractivity contribution in [2.24, 2.45) is 0 Å². The lowest BCUT2D eigenvalue weighted by molar-refractivity contribution is -0.00885. The van der Waals surface area contributed by atoms with Gasteiger partial charge >= 0.3 is 0 Å². The van der Waals surface area contributed by atoms with Crippen molar-refractivity contribution in [2.45, 2.75) is 32.0 Å². The maximum absolute atomic E-state index is 8.79. The zero-order valence-corrected chi connectivity index (χ0v) is 7.94. The number of nitrogens with zero attached hydrogens (tertiary/aromatic N) is 2. The zero-order valence-electron chi connectivity index (χ0n) is 7.94. The molecule has 1 aromatic heterocycles. The van der Waals surface area contributed by atoms with E-state index in [1.165, 1.54) is 6.42 Å². The summed E-state index contributed by atoms with van der Waals surface area (Å²) in [6.45, 7) is 0.515.